The molecule has 0 saturated heterocycles. The Morgan fingerprint density at radius 1 is 1.27 bits per heavy atom. The minimum Gasteiger partial charge on any atom is -0.392 e. The third-order valence-corrected chi connectivity index (χ3v) is 2.92. The Labute approximate surface area is 85.9 Å². The number of hydrogen-bond donors (Lipinski definition) is 1. The van der Waals surface area contributed by atoms with Crippen LogP contribution in [0.5, 0.6) is 0 Å². The van der Waals surface area contributed by atoms with E-state index >= 15 is 0 Å². The topological polar surface area (TPSA) is 58.9 Å². The molecule has 0 radical (unpaired) electrons. The second-order valence-electron chi connectivity index (χ2n) is 3.87. The lowest BCUT2D eigenvalue weighted by molar-refractivity contribution is 0.435. The van der Waals surface area contributed by atoms with Crippen LogP contribution in [0.15, 0.2) is 39.5 Å². The Kier molecular flexibility index (Phi) is 1.59. The van der Waals surface area contributed by atoms with E-state index in [1.807, 2.05) is 30.3 Å². The van der Waals surface area contributed by atoms with Crippen molar-refractivity contribution >= 4 is 0 Å². The number of rotatable bonds is 2. The molecule has 1 heterocycles. The molecule has 1 aliphatic carbocycles. The van der Waals surface area contributed by atoms with Crippen LogP contribution in [0.25, 0.3) is 0 Å². The lowest BCUT2D eigenvalue weighted by Gasteiger charge is -2.09. The fourth-order valence-electron chi connectivity index (χ4n) is 1.94. The molecule has 0 aliphatic heterocycles. The number of nitrogens with one attached hydrogen (secondary N) is 1. The maximum atomic E-state index is 10.9. The SMILES string of the molecule is O=c1[nH]nc(C2(c3ccccc3)CC2)o1. The van der Waals surface area contributed by atoms with Crippen molar-refractivity contribution < 1.29 is 4.42 Å². The summed E-state index contributed by atoms with van der Waals surface area (Å²) >= 11 is 0. The van der Waals surface area contributed by atoms with Crippen LogP contribution in [0.2, 0.25) is 0 Å². The summed E-state index contributed by atoms with van der Waals surface area (Å²) in [5.41, 5.74) is 1.01. The van der Waals surface area contributed by atoms with Gasteiger partial charge in [0.15, 0.2) is 0 Å². The molecule has 1 saturated carbocycles. The van der Waals surface area contributed by atoms with Crippen LogP contribution in [0.1, 0.15) is 24.3 Å². The maximum Gasteiger partial charge on any atom is 0.434 e. The lowest BCUT2D eigenvalue weighted by Crippen LogP contribution is -2.09. The molecule has 1 aromatic carbocycles. The van der Waals surface area contributed by atoms with Crippen LogP contribution in [0.3, 0.4) is 0 Å². The van der Waals surface area contributed by atoms with E-state index in [4.69, 9.17) is 4.42 Å². The second kappa shape index (κ2) is 2.82. The molecule has 2 aromatic rings. The molecule has 0 amide bonds. The van der Waals surface area contributed by atoms with E-state index in [2.05, 4.69) is 10.2 Å². The summed E-state index contributed by atoms with van der Waals surface area (Å²) in [6.45, 7) is 0. The van der Waals surface area contributed by atoms with Gasteiger partial charge in [-0.25, -0.2) is 9.89 Å². The van der Waals surface area contributed by atoms with Gasteiger partial charge in [-0.1, -0.05) is 30.3 Å². The van der Waals surface area contributed by atoms with Crippen molar-refractivity contribution in [2.24, 2.45) is 0 Å². The van der Waals surface area contributed by atoms with Crippen LogP contribution < -0.4 is 5.76 Å². The van der Waals surface area contributed by atoms with Gasteiger partial charge in [-0.3, -0.25) is 0 Å². The molecule has 76 valence electrons. The fraction of sp³-hybridized carbons (Fsp3) is 0.273. The summed E-state index contributed by atoms with van der Waals surface area (Å²) in [6, 6.07) is 10.0. The molecule has 4 heteroatoms. The zero-order valence-corrected chi connectivity index (χ0v) is 8.06. The minimum atomic E-state index is -0.479. The highest BCUT2D eigenvalue weighted by Gasteiger charge is 2.50. The van der Waals surface area contributed by atoms with Gasteiger partial charge in [0.2, 0.25) is 5.89 Å². The van der Waals surface area contributed by atoms with Crippen molar-refractivity contribution in [2.75, 3.05) is 0 Å². The summed E-state index contributed by atoms with van der Waals surface area (Å²) in [5, 5.41) is 6.23. The van der Waals surface area contributed by atoms with Gasteiger partial charge in [-0.2, -0.15) is 0 Å². The standard InChI is InChI=1S/C11H10N2O2/c14-10-13-12-9(15-10)11(6-7-11)8-4-2-1-3-5-8/h1-5H,6-7H2,(H,13,14). The predicted molar refractivity (Wildman–Crippen MR) is 53.6 cm³/mol. The molecule has 0 bridgehead atoms. The Morgan fingerprint density at radius 3 is 2.53 bits per heavy atom. The van der Waals surface area contributed by atoms with Crippen LogP contribution >= 0.6 is 0 Å². The van der Waals surface area contributed by atoms with Crippen LogP contribution in [0, 0.1) is 0 Å². The number of aromatic nitrogens is 2. The Balaban J connectivity index is 2.09. The van der Waals surface area contributed by atoms with Gasteiger partial charge < -0.3 is 4.42 Å². The highest BCUT2D eigenvalue weighted by Crippen LogP contribution is 2.52. The Hall–Kier alpha value is -1.84. The zero-order valence-electron chi connectivity index (χ0n) is 8.06. The van der Waals surface area contributed by atoms with Gasteiger partial charge in [-0.05, 0) is 18.4 Å². The van der Waals surface area contributed by atoms with Crippen molar-refractivity contribution in [1.82, 2.24) is 10.2 Å². The summed E-state index contributed by atoms with van der Waals surface area (Å²) in [6.07, 6.45) is 1.98. The first-order chi connectivity index (χ1) is 7.31. The van der Waals surface area contributed by atoms with E-state index in [-0.39, 0.29) is 5.41 Å². The van der Waals surface area contributed by atoms with E-state index in [0.29, 0.717) is 5.89 Å². The van der Waals surface area contributed by atoms with Crippen molar-refractivity contribution in [3.63, 3.8) is 0 Å². The van der Waals surface area contributed by atoms with Crippen LogP contribution in [-0.2, 0) is 5.41 Å². The van der Waals surface area contributed by atoms with E-state index in [9.17, 15) is 4.79 Å². The number of benzene rings is 1. The molecule has 3 rings (SSSR count). The molecular weight excluding hydrogens is 192 g/mol. The second-order valence-corrected chi connectivity index (χ2v) is 3.87. The van der Waals surface area contributed by atoms with Gasteiger partial charge in [0.05, 0.1) is 5.41 Å². The Morgan fingerprint density at radius 2 is 2.00 bits per heavy atom. The maximum absolute atomic E-state index is 10.9. The van der Waals surface area contributed by atoms with Crippen LogP contribution in [0.4, 0.5) is 0 Å². The highest BCUT2D eigenvalue weighted by atomic mass is 16.4. The molecule has 1 aromatic heterocycles. The largest absolute Gasteiger partial charge is 0.434 e. The lowest BCUT2D eigenvalue weighted by atomic mass is 9.96. The minimum absolute atomic E-state index is 0.152. The molecular formula is C11H10N2O2. The van der Waals surface area contributed by atoms with Gasteiger partial charge in [-0.15, -0.1) is 5.10 Å². The third kappa shape index (κ3) is 1.21. The monoisotopic (exact) mass is 202 g/mol. The average molecular weight is 202 g/mol. The number of aromatic amines is 1. The molecule has 0 unspecified atom stereocenters. The molecule has 1 N–H and O–H groups in total. The molecule has 0 atom stereocenters. The molecule has 15 heavy (non-hydrogen) atoms. The average Bonchev–Trinajstić information content (AvgIpc) is 2.98. The molecule has 1 fully saturated rings. The van der Waals surface area contributed by atoms with Gasteiger partial charge in [0.25, 0.3) is 0 Å². The van der Waals surface area contributed by atoms with Crippen molar-refractivity contribution in [2.45, 2.75) is 18.3 Å². The quantitative estimate of drug-likeness (QED) is 0.801. The molecule has 0 spiro atoms. The third-order valence-electron chi connectivity index (χ3n) is 2.92. The summed E-state index contributed by atoms with van der Waals surface area (Å²) in [4.78, 5) is 10.9. The van der Waals surface area contributed by atoms with Gasteiger partial charge in [0.1, 0.15) is 0 Å². The number of hydrogen-bond acceptors (Lipinski definition) is 3. The Bertz CT molecular complexity index is 523. The van der Waals surface area contributed by atoms with Gasteiger partial charge >= 0.3 is 5.76 Å². The van der Waals surface area contributed by atoms with Crippen molar-refractivity contribution in [1.29, 1.82) is 0 Å². The summed E-state index contributed by atoms with van der Waals surface area (Å²) < 4.78 is 5.04. The van der Waals surface area contributed by atoms with Gasteiger partial charge in [0, 0.05) is 0 Å². The zero-order chi connectivity index (χ0) is 10.3. The number of H-pyrrole nitrogens is 1. The highest BCUT2D eigenvalue weighted by molar-refractivity contribution is 5.37. The van der Waals surface area contributed by atoms with E-state index < -0.39 is 5.76 Å². The van der Waals surface area contributed by atoms with Crippen molar-refractivity contribution in [3.8, 4) is 0 Å². The summed E-state index contributed by atoms with van der Waals surface area (Å²) in [7, 11) is 0. The van der Waals surface area contributed by atoms with E-state index in [1.54, 1.807) is 0 Å². The smallest absolute Gasteiger partial charge is 0.392 e. The van der Waals surface area contributed by atoms with Crippen LogP contribution in [-0.4, -0.2) is 10.2 Å². The normalized spacial score (nSPS) is 17.6. The van der Waals surface area contributed by atoms with E-state index in [0.717, 1.165) is 12.8 Å². The first-order valence-electron chi connectivity index (χ1n) is 4.93. The molecule has 4 nitrogen and oxygen atoms in total. The molecule has 1 aliphatic rings. The fourth-order valence-corrected chi connectivity index (χ4v) is 1.94. The number of nitrogens with zero attached hydrogens (tertiary/aromatic N) is 1. The first kappa shape index (κ1) is 8.47. The van der Waals surface area contributed by atoms with Crippen molar-refractivity contribution in [3.05, 3.63) is 52.3 Å². The van der Waals surface area contributed by atoms with E-state index in [1.165, 1.54) is 5.56 Å². The predicted octanol–water partition coefficient (Wildman–Crippen LogP) is 1.44. The summed E-state index contributed by atoms with van der Waals surface area (Å²) in [5.74, 6) is 0.0332. The first-order valence-corrected chi connectivity index (χ1v) is 4.93.